The lowest BCUT2D eigenvalue weighted by Gasteiger charge is -2.02. The van der Waals surface area contributed by atoms with E-state index >= 15 is 0 Å². The summed E-state index contributed by atoms with van der Waals surface area (Å²) in [5.74, 6) is -0.127. The minimum atomic E-state index is -0.127. The molecule has 0 spiro atoms. The van der Waals surface area contributed by atoms with Gasteiger partial charge in [0, 0.05) is 0 Å². The Morgan fingerprint density at radius 2 is 1.38 bits per heavy atom. The maximum atomic E-state index is 11.8. The third kappa shape index (κ3) is 4.40. The largest absolute Gasteiger partial charge is 0.273 e. The van der Waals surface area contributed by atoms with Gasteiger partial charge in [0.1, 0.15) is 0 Å². The Kier molecular flexibility index (Phi) is 5.15. The number of hydrogen-bond acceptors (Lipinski definition) is 2. The molecule has 118 valence electrons. The van der Waals surface area contributed by atoms with Crippen LogP contribution in [0.2, 0.25) is 0 Å². The normalized spacial score (nSPS) is 10.7. The number of amides is 1. The van der Waals surface area contributed by atoms with E-state index in [2.05, 4.69) is 22.7 Å². The summed E-state index contributed by atoms with van der Waals surface area (Å²) < 4.78 is 0. The third-order valence-electron chi connectivity index (χ3n) is 3.63. The number of carbonyl (C=O) groups is 1. The Hall–Kier alpha value is -3.20. The highest BCUT2D eigenvalue weighted by Crippen LogP contribution is 2.18. The Morgan fingerprint density at radius 1 is 0.792 bits per heavy atom. The van der Waals surface area contributed by atoms with E-state index in [0.717, 1.165) is 16.7 Å². The van der Waals surface area contributed by atoms with Crippen LogP contribution < -0.4 is 5.43 Å². The minimum absolute atomic E-state index is 0.127. The molecule has 0 saturated carbocycles. The zero-order valence-electron chi connectivity index (χ0n) is 13.2. The van der Waals surface area contributed by atoms with Crippen molar-refractivity contribution < 1.29 is 4.79 Å². The topological polar surface area (TPSA) is 41.5 Å². The molecule has 3 aromatic rings. The van der Waals surface area contributed by atoms with Gasteiger partial charge in [-0.2, -0.15) is 5.10 Å². The minimum Gasteiger partial charge on any atom is -0.273 e. The van der Waals surface area contributed by atoms with E-state index in [4.69, 9.17) is 0 Å². The Bertz CT molecular complexity index is 809. The van der Waals surface area contributed by atoms with Gasteiger partial charge in [0.2, 0.25) is 5.91 Å². The number of hydrazone groups is 1. The standard InChI is InChI=1S/C21H18N2O/c24-21(15-17-7-3-1-4-8-17)23-22-16-18-11-13-20(14-12-18)19-9-5-2-6-10-19/h1-14,16H,15H2,(H,23,24)/b22-16+. The summed E-state index contributed by atoms with van der Waals surface area (Å²) in [6.45, 7) is 0. The average molecular weight is 314 g/mol. The van der Waals surface area contributed by atoms with Gasteiger partial charge in [-0.25, -0.2) is 5.43 Å². The highest BCUT2D eigenvalue weighted by atomic mass is 16.2. The summed E-state index contributed by atoms with van der Waals surface area (Å²) in [6.07, 6.45) is 1.97. The first kappa shape index (κ1) is 15.7. The fourth-order valence-corrected chi connectivity index (χ4v) is 2.39. The summed E-state index contributed by atoms with van der Waals surface area (Å²) in [7, 11) is 0. The Morgan fingerprint density at radius 3 is 2.04 bits per heavy atom. The highest BCUT2D eigenvalue weighted by molar-refractivity contribution is 5.84. The average Bonchev–Trinajstić information content (AvgIpc) is 2.64. The van der Waals surface area contributed by atoms with Gasteiger partial charge >= 0.3 is 0 Å². The van der Waals surface area contributed by atoms with Crippen LogP contribution in [0, 0.1) is 0 Å². The van der Waals surface area contributed by atoms with Crippen LogP contribution in [0.25, 0.3) is 11.1 Å². The summed E-state index contributed by atoms with van der Waals surface area (Å²) in [4.78, 5) is 11.8. The summed E-state index contributed by atoms with van der Waals surface area (Å²) in [5, 5.41) is 4.02. The van der Waals surface area contributed by atoms with Gasteiger partial charge in [0.25, 0.3) is 0 Å². The zero-order valence-corrected chi connectivity index (χ0v) is 13.2. The molecule has 0 unspecified atom stereocenters. The van der Waals surface area contributed by atoms with Crippen molar-refractivity contribution in [1.82, 2.24) is 5.43 Å². The SMILES string of the molecule is O=C(Cc1ccccc1)N/N=C/c1ccc(-c2ccccc2)cc1. The fourth-order valence-electron chi connectivity index (χ4n) is 2.39. The molecule has 3 heteroatoms. The molecule has 0 bridgehead atoms. The van der Waals surface area contributed by atoms with E-state index < -0.39 is 0 Å². The molecular weight excluding hydrogens is 296 g/mol. The first-order chi connectivity index (χ1) is 11.8. The molecule has 0 aromatic heterocycles. The van der Waals surface area contributed by atoms with E-state index in [-0.39, 0.29) is 5.91 Å². The Labute approximate surface area is 141 Å². The lowest BCUT2D eigenvalue weighted by Crippen LogP contribution is -2.19. The maximum Gasteiger partial charge on any atom is 0.244 e. The monoisotopic (exact) mass is 314 g/mol. The van der Waals surface area contributed by atoms with Crippen LogP contribution in [-0.2, 0) is 11.2 Å². The lowest BCUT2D eigenvalue weighted by atomic mass is 10.0. The van der Waals surface area contributed by atoms with Crippen LogP contribution in [0.3, 0.4) is 0 Å². The molecule has 0 saturated heterocycles. The van der Waals surface area contributed by atoms with E-state index in [1.165, 1.54) is 5.56 Å². The summed E-state index contributed by atoms with van der Waals surface area (Å²) in [6, 6.07) is 27.9. The second kappa shape index (κ2) is 7.88. The van der Waals surface area contributed by atoms with Crippen LogP contribution in [0.1, 0.15) is 11.1 Å². The van der Waals surface area contributed by atoms with Crippen LogP contribution in [-0.4, -0.2) is 12.1 Å². The molecule has 3 rings (SSSR count). The van der Waals surface area contributed by atoms with Gasteiger partial charge in [0.15, 0.2) is 0 Å². The van der Waals surface area contributed by atoms with Crippen molar-refractivity contribution in [3.8, 4) is 11.1 Å². The second-order valence-electron chi connectivity index (χ2n) is 5.44. The molecule has 0 radical (unpaired) electrons. The first-order valence-electron chi connectivity index (χ1n) is 7.82. The number of nitrogens with one attached hydrogen (secondary N) is 1. The van der Waals surface area contributed by atoms with Crippen molar-refractivity contribution >= 4 is 12.1 Å². The molecule has 0 aliphatic rings. The van der Waals surface area contributed by atoms with Gasteiger partial charge in [-0.05, 0) is 22.3 Å². The summed E-state index contributed by atoms with van der Waals surface area (Å²) >= 11 is 0. The second-order valence-corrected chi connectivity index (χ2v) is 5.44. The summed E-state index contributed by atoms with van der Waals surface area (Å²) in [5.41, 5.74) is 6.80. The van der Waals surface area contributed by atoms with E-state index in [1.807, 2.05) is 72.8 Å². The van der Waals surface area contributed by atoms with Crippen LogP contribution in [0.15, 0.2) is 90.0 Å². The molecule has 24 heavy (non-hydrogen) atoms. The first-order valence-corrected chi connectivity index (χ1v) is 7.82. The molecule has 3 nitrogen and oxygen atoms in total. The molecule has 0 atom stereocenters. The molecule has 0 fully saturated rings. The van der Waals surface area contributed by atoms with Gasteiger partial charge < -0.3 is 0 Å². The highest BCUT2D eigenvalue weighted by Gasteiger charge is 2.01. The van der Waals surface area contributed by atoms with E-state index in [0.29, 0.717) is 6.42 Å². The van der Waals surface area contributed by atoms with Crippen molar-refractivity contribution in [2.45, 2.75) is 6.42 Å². The van der Waals surface area contributed by atoms with Gasteiger partial charge in [-0.3, -0.25) is 4.79 Å². The smallest absolute Gasteiger partial charge is 0.244 e. The molecule has 0 heterocycles. The van der Waals surface area contributed by atoms with E-state index in [9.17, 15) is 4.79 Å². The molecule has 0 aliphatic heterocycles. The van der Waals surface area contributed by atoms with Crippen molar-refractivity contribution in [1.29, 1.82) is 0 Å². The Balaban J connectivity index is 1.56. The van der Waals surface area contributed by atoms with Crippen molar-refractivity contribution in [2.75, 3.05) is 0 Å². The zero-order chi connectivity index (χ0) is 16.6. The van der Waals surface area contributed by atoms with Crippen LogP contribution >= 0.6 is 0 Å². The predicted molar refractivity (Wildman–Crippen MR) is 97.8 cm³/mol. The van der Waals surface area contributed by atoms with Crippen molar-refractivity contribution in [3.63, 3.8) is 0 Å². The fraction of sp³-hybridized carbons (Fsp3) is 0.0476. The molecule has 1 amide bonds. The van der Waals surface area contributed by atoms with Crippen LogP contribution in [0.4, 0.5) is 0 Å². The van der Waals surface area contributed by atoms with Gasteiger partial charge in [-0.15, -0.1) is 0 Å². The van der Waals surface area contributed by atoms with Crippen molar-refractivity contribution in [2.24, 2.45) is 5.10 Å². The number of carbonyl (C=O) groups excluding carboxylic acids is 1. The molecule has 3 aromatic carbocycles. The molecular formula is C21H18N2O. The number of benzene rings is 3. The molecule has 1 N–H and O–H groups in total. The number of nitrogens with zero attached hydrogens (tertiary/aromatic N) is 1. The van der Waals surface area contributed by atoms with Crippen molar-refractivity contribution in [3.05, 3.63) is 96.1 Å². The molecule has 0 aliphatic carbocycles. The van der Waals surface area contributed by atoms with E-state index in [1.54, 1.807) is 6.21 Å². The maximum absolute atomic E-state index is 11.8. The predicted octanol–water partition coefficient (Wildman–Crippen LogP) is 4.05. The number of hydrogen-bond donors (Lipinski definition) is 1. The quantitative estimate of drug-likeness (QED) is 0.560. The van der Waals surface area contributed by atoms with Gasteiger partial charge in [0.05, 0.1) is 12.6 Å². The van der Waals surface area contributed by atoms with Crippen LogP contribution in [0.5, 0.6) is 0 Å². The number of rotatable bonds is 5. The third-order valence-corrected chi connectivity index (χ3v) is 3.63. The lowest BCUT2D eigenvalue weighted by molar-refractivity contribution is -0.120. The van der Waals surface area contributed by atoms with Gasteiger partial charge in [-0.1, -0.05) is 84.9 Å².